The molecule has 9 heteroatoms. The van der Waals surface area contributed by atoms with Crippen LogP contribution in [0.4, 0.5) is 0 Å². The minimum absolute atomic E-state index is 0.123. The molecule has 4 aromatic rings. The zero-order chi connectivity index (χ0) is 21.4. The third-order valence-electron chi connectivity index (χ3n) is 5.75. The zero-order valence-electron chi connectivity index (χ0n) is 17.5. The maximum Gasteiger partial charge on any atom is 0.197 e. The Balaban J connectivity index is 1.33. The van der Waals surface area contributed by atoms with Crippen LogP contribution in [-0.2, 0) is 13.5 Å². The third kappa shape index (κ3) is 4.09. The molecule has 0 bridgehead atoms. The molecule has 0 amide bonds. The molecule has 1 fully saturated rings. The van der Waals surface area contributed by atoms with E-state index in [9.17, 15) is 4.79 Å². The molecule has 0 aliphatic carbocycles. The predicted octanol–water partition coefficient (Wildman–Crippen LogP) is 2.65. The van der Waals surface area contributed by atoms with E-state index in [1.807, 2.05) is 37.5 Å². The average molecular weight is 417 g/mol. The predicted molar refractivity (Wildman–Crippen MR) is 114 cm³/mol. The number of carbonyl (C=O) groups is 1. The largest absolute Gasteiger partial charge is 0.448 e. The van der Waals surface area contributed by atoms with E-state index in [4.69, 9.17) is 4.42 Å². The van der Waals surface area contributed by atoms with Crippen molar-refractivity contribution < 1.29 is 9.21 Å². The molecule has 0 N–H and O–H groups in total. The summed E-state index contributed by atoms with van der Waals surface area (Å²) < 4.78 is 7.29. The summed E-state index contributed by atoms with van der Waals surface area (Å²) in [5, 5.41) is 17.5. The van der Waals surface area contributed by atoms with E-state index in [2.05, 4.69) is 37.4 Å². The molecule has 1 aliphatic heterocycles. The standard InChI is InChI=1S/C22H23N7O2/c1-28-7-5-14(6-8-28)22-23-20(13-31-22)21(30)11-17-10-16-9-15(3-4-18(16)25-24-17)19-12-29(2)27-26-19/h3-4,9-10,12-14H,5-8,11H2,1-2H3. The Kier molecular flexibility index (Phi) is 5.03. The highest BCUT2D eigenvalue weighted by atomic mass is 16.3. The van der Waals surface area contributed by atoms with E-state index in [0.717, 1.165) is 48.1 Å². The number of oxazole rings is 1. The minimum atomic E-state index is -0.123. The van der Waals surface area contributed by atoms with Gasteiger partial charge in [-0.25, -0.2) is 4.98 Å². The van der Waals surface area contributed by atoms with E-state index in [1.165, 1.54) is 6.26 Å². The lowest BCUT2D eigenvalue weighted by Gasteiger charge is -2.26. The molecular formula is C22H23N7O2. The summed E-state index contributed by atoms with van der Waals surface area (Å²) in [4.78, 5) is 19.5. The fraction of sp³-hybridized carbons (Fsp3) is 0.364. The highest BCUT2D eigenvalue weighted by Crippen LogP contribution is 2.27. The molecule has 3 aromatic heterocycles. The van der Waals surface area contributed by atoms with Crippen LogP contribution < -0.4 is 0 Å². The summed E-state index contributed by atoms with van der Waals surface area (Å²) in [5.74, 6) is 0.814. The minimum Gasteiger partial charge on any atom is -0.448 e. The van der Waals surface area contributed by atoms with E-state index < -0.39 is 0 Å². The van der Waals surface area contributed by atoms with Crippen molar-refractivity contribution in [2.24, 2.45) is 7.05 Å². The summed E-state index contributed by atoms with van der Waals surface area (Å²) in [5.41, 5.74) is 3.42. The first-order chi connectivity index (χ1) is 15.0. The van der Waals surface area contributed by atoms with Crippen molar-refractivity contribution in [3.63, 3.8) is 0 Å². The first-order valence-corrected chi connectivity index (χ1v) is 10.4. The van der Waals surface area contributed by atoms with Gasteiger partial charge in [0.25, 0.3) is 0 Å². The molecule has 0 unspecified atom stereocenters. The van der Waals surface area contributed by atoms with Gasteiger partial charge in [-0.15, -0.1) is 5.10 Å². The van der Waals surface area contributed by atoms with Gasteiger partial charge in [0.05, 0.1) is 23.8 Å². The fourth-order valence-corrected chi connectivity index (χ4v) is 3.93. The Labute approximate surface area is 179 Å². The normalized spacial score (nSPS) is 15.5. The lowest BCUT2D eigenvalue weighted by molar-refractivity contribution is 0.0987. The number of carbonyl (C=O) groups excluding carboxylic acids is 1. The number of ketones is 1. The average Bonchev–Trinajstić information content (AvgIpc) is 3.43. The Morgan fingerprint density at radius 1 is 1.13 bits per heavy atom. The van der Waals surface area contributed by atoms with Crippen molar-refractivity contribution in [3.05, 3.63) is 54.0 Å². The number of fused-ring (bicyclic) bond motifs is 1. The van der Waals surface area contributed by atoms with Crippen LogP contribution in [0.3, 0.4) is 0 Å². The number of Topliss-reactive ketones (excluding diaryl/α,β-unsaturated/α-hetero) is 1. The van der Waals surface area contributed by atoms with Gasteiger partial charge in [-0.3, -0.25) is 9.48 Å². The summed E-state index contributed by atoms with van der Waals surface area (Å²) in [6.45, 7) is 2.03. The van der Waals surface area contributed by atoms with Gasteiger partial charge in [-0.2, -0.15) is 10.2 Å². The number of likely N-dealkylation sites (tertiary alicyclic amines) is 1. The topological polar surface area (TPSA) is 103 Å². The number of aromatic nitrogens is 6. The van der Waals surface area contributed by atoms with E-state index in [-0.39, 0.29) is 18.1 Å². The van der Waals surface area contributed by atoms with Crippen molar-refractivity contribution >= 4 is 16.7 Å². The first-order valence-electron chi connectivity index (χ1n) is 10.4. The molecule has 31 heavy (non-hydrogen) atoms. The molecule has 0 atom stereocenters. The highest BCUT2D eigenvalue weighted by Gasteiger charge is 2.24. The Bertz CT molecular complexity index is 1240. The molecule has 9 nitrogen and oxygen atoms in total. The summed E-state index contributed by atoms with van der Waals surface area (Å²) in [6.07, 6.45) is 5.44. The Morgan fingerprint density at radius 2 is 1.97 bits per heavy atom. The van der Waals surface area contributed by atoms with Crippen LogP contribution in [0.5, 0.6) is 0 Å². The van der Waals surface area contributed by atoms with Gasteiger partial charge in [-0.1, -0.05) is 11.3 Å². The van der Waals surface area contributed by atoms with Gasteiger partial charge < -0.3 is 9.32 Å². The number of hydrogen-bond acceptors (Lipinski definition) is 8. The summed E-state index contributed by atoms with van der Waals surface area (Å²) in [6, 6.07) is 7.70. The molecule has 0 spiro atoms. The number of aryl methyl sites for hydroxylation is 1. The second-order valence-electron chi connectivity index (χ2n) is 8.14. The van der Waals surface area contributed by atoms with Gasteiger partial charge in [0.2, 0.25) is 0 Å². The van der Waals surface area contributed by atoms with Crippen molar-refractivity contribution in [2.45, 2.75) is 25.2 Å². The second kappa shape index (κ2) is 7.99. The van der Waals surface area contributed by atoms with Crippen LogP contribution in [-0.4, -0.2) is 61.0 Å². The quantitative estimate of drug-likeness (QED) is 0.457. The fourth-order valence-electron chi connectivity index (χ4n) is 3.93. The van der Waals surface area contributed by atoms with Gasteiger partial charge in [0.15, 0.2) is 11.7 Å². The van der Waals surface area contributed by atoms with Gasteiger partial charge in [0.1, 0.15) is 17.7 Å². The van der Waals surface area contributed by atoms with Crippen molar-refractivity contribution in [1.29, 1.82) is 0 Å². The smallest absolute Gasteiger partial charge is 0.197 e. The number of benzene rings is 1. The molecule has 4 heterocycles. The third-order valence-corrected chi connectivity index (χ3v) is 5.75. The maximum absolute atomic E-state index is 12.8. The lowest BCUT2D eigenvalue weighted by Crippen LogP contribution is -2.29. The van der Waals surface area contributed by atoms with Crippen molar-refractivity contribution in [1.82, 2.24) is 35.1 Å². The summed E-state index contributed by atoms with van der Waals surface area (Å²) >= 11 is 0. The maximum atomic E-state index is 12.8. The van der Waals surface area contributed by atoms with Crippen LogP contribution in [0.1, 0.15) is 40.8 Å². The zero-order valence-corrected chi connectivity index (χ0v) is 17.5. The SMILES string of the molecule is CN1CCC(c2nc(C(=O)Cc3cc4cc(-c5cn(C)nn5)ccc4nn3)co2)CC1. The van der Waals surface area contributed by atoms with Crippen LogP contribution in [0.2, 0.25) is 0 Å². The first kappa shape index (κ1) is 19.5. The van der Waals surface area contributed by atoms with Crippen LogP contribution in [0, 0.1) is 0 Å². The van der Waals surface area contributed by atoms with Crippen molar-refractivity contribution in [3.8, 4) is 11.3 Å². The van der Waals surface area contributed by atoms with Gasteiger partial charge in [0, 0.05) is 23.9 Å². The highest BCUT2D eigenvalue weighted by molar-refractivity contribution is 5.95. The molecule has 0 radical (unpaired) electrons. The number of hydrogen-bond donors (Lipinski definition) is 0. The Hall–Kier alpha value is -3.46. The van der Waals surface area contributed by atoms with Gasteiger partial charge in [-0.05, 0) is 51.2 Å². The van der Waals surface area contributed by atoms with Crippen LogP contribution in [0.15, 0.2) is 41.1 Å². The monoisotopic (exact) mass is 417 g/mol. The van der Waals surface area contributed by atoms with Crippen molar-refractivity contribution in [2.75, 3.05) is 20.1 Å². The second-order valence-corrected chi connectivity index (χ2v) is 8.14. The lowest BCUT2D eigenvalue weighted by atomic mass is 9.97. The van der Waals surface area contributed by atoms with Crippen LogP contribution >= 0.6 is 0 Å². The molecule has 1 aliphatic rings. The molecule has 5 rings (SSSR count). The summed E-state index contributed by atoms with van der Waals surface area (Å²) in [7, 11) is 3.94. The molecule has 158 valence electrons. The van der Waals surface area contributed by atoms with Crippen LogP contribution in [0.25, 0.3) is 22.2 Å². The molecule has 1 saturated heterocycles. The van der Waals surface area contributed by atoms with E-state index >= 15 is 0 Å². The Morgan fingerprint density at radius 3 is 2.74 bits per heavy atom. The number of nitrogens with zero attached hydrogens (tertiary/aromatic N) is 7. The van der Waals surface area contributed by atoms with E-state index in [1.54, 1.807) is 4.68 Å². The molecule has 1 aromatic carbocycles. The molecule has 0 saturated carbocycles. The number of piperidine rings is 1. The number of rotatable bonds is 5. The van der Waals surface area contributed by atoms with E-state index in [0.29, 0.717) is 17.3 Å². The van der Waals surface area contributed by atoms with Gasteiger partial charge >= 0.3 is 0 Å². The molecular weight excluding hydrogens is 394 g/mol.